The van der Waals surface area contributed by atoms with Gasteiger partial charge in [0, 0.05) is 9.75 Å². The number of benzene rings is 1. The van der Waals surface area contributed by atoms with E-state index in [9.17, 15) is 15.0 Å². The van der Waals surface area contributed by atoms with E-state index in [-0.39, 0.29) is 0 Å². The van der Waals surface area contributed by atoms with Gasteiger partial charge in [-0.25, -0.2) is 0 Å². The maximum atomic E-state index is 11.5. The van der Waals surface area contributed by atoms with Crippen molar-refractivity contribution >= 4 is 17.3 Å². The number of carbonyl (C=O) groups is 1. The minimum atomic E-state index is -0.878. The molecule has 0 unspecified atom stereocenters. The molecule has 0 amide bonds. The van der Waals surface area contributed by atoms with Crippen LogP contribution in [0, 0.1) is 0 Å². The van der Waals surface area contributed by atoms with Crippen LogP contribution in [0.15, 0.2) is 42.5 Å². The minimum absolute atomic E-state index is 0.317. The average molecular weight is 274 g/mol. The molecule has 19 heavy (non-hydrogen) atoms. The highest BCUT2D eigenvalue weighted by atomic mass is 32.1. The lowest BCUT2D eigenvalue weighted by atomic mass is 9.66. The van der Waals surface area contributed by atoms with Crippen LogP contribution in [0.3, 0.4) is 0 Å². The van der Waals surface area contributed by atoms with Gasteiger partial charge in [-0.15, -0.1) is 11.3 Å². The first-order valence-electron chi connectivity index (χ1n) is 6.19. The van der Waals surface area contributed by atoms with Gasteiger partial charge >= 0.3 is 5.97 Å². The Kier molecular flexibility index (Phi) is 2.92. The third-order valence-electron chi connectivity index (χ3n) is 3.71. The molecule has 3 rings (SSSR count). The maximum Gasteiger partial charge on any atom is 0.315 e. The molecular formula is C15H14O3S. The number of hydrogen-bond donors (Lipinski definition) is 2. The topological polar surface area (TPSA) is 57.5 Å². The van der Waals surface area contributed by atoms with E-state index in [0.717, 1.165) is 15.3 Å². The van der Waals surface area contributed by atoms with Gasteiger partial charge in [-0.2, -0.15) is 0 Å². The third kappa shape index (κ3) is 1.97. The van der Waals surface area contributed by atoms with Crippen molar-refractivity contribution in [3.8, 4) is 10.4 Å². The summed E-state index contributed by atoms with van der Waals surface area (Å²) in [5.74, 6) is -0.834. The largest absolute Gasteiger partial charge is 0.481 e. The first kappa shape index (κ1) is 12.4. The number of rotatable bonds is 3. The predicted molar refractivity (Wildman–Crippen MR) is 74.3 cm³/mol. The molecule has 1 heterocycles. The van der Waals surface area contributed by atoms with Gasteiger partial charge in [-0.3, -0.25) is 4.79 Å². The van der Waals surface area contributed by atoms with Crippen molar-refractivity contribution in [1.29, 1.82) is 0 Å². The molecule has 4 heteroatoms. The Morgan fingerprint density at radius 2 is 1.84 bits per heavy atom. The summed E-state index contributed by atoms with van der Waals surface area (Å²) in [6.07, 6.45) is 0.145. The van der Waals surface area contributed by atoms with Crippen LogP contribution in [-0.4, -0.2) is 22.3 Å². The number of carboxylic acid groups (broad SMARTS) is 1. The molecule has 0 spiro atoms. The molecule has 2 N–H and O–H groups in total. The zero-order valence-electron chi connectivity index (χ0n) is 10.2. The molecule has 98 valence electrons. The Morgan fingerprint density at radius 3 is 2.42 bits per heavy atom. The van der Waals surface area contributed by atoms with E-state index >= 15 is 0 Å². The molecule has 0 atom stereocenters. The standard InChI is InChI=1S/C15H14O3S/c16-11-8-15(9-11,14(17)18)13-7-6-12(19-13)10-4-2-1-3-5-10/h1-7,11,16H,8-9H2,(H,17,18). The molecule has 1 fully saturated rings. The fourth-order valence-corrected chi connectivity index (χ4v) is 3.79. The van der Waals surface area contributed by atoms with E-state index in [1.807, 2.05) is 42.5 Å². The minimum Gasteiger partial charge on any atom is -0.481 e. The Hall–Kier alpha value is -1.65. The molecule has 2 aromatic rings. The van der Waals surface area contributed by atoms with E-state index in [0.29, 0.717) is 12.8 Å². The number of aliphatic carboxylic acids is 1. The van der Waals surface area contributed by atoms with E-state index in [1.54, 1.807) is 0 Å². The van der Waals surface area contributed by atoms with Crippen molar-refractivity contribution in [2.45, 2.75) is 24.4 Å². The lowest BCUT2D eigenvalue weighted by Gasteiger charge is -2.40. The molecule has 1 aliphatic rings. The molecule has 0 radical (unpaired) electrons. The van der Waals surface area contributed by atoms with Crippen LogP contribution in [0.25, 0.3) is 10.4 Å². The van der Waals surface area contributed by atoms with Crippen molar-refractivity contribution in [2.75, 3.05) is 0 Å². The van der Waals surface area contributed by atoms with Crippen molar-refractivity contribution in [2.24, 2.45) is 0 Å². The molecule has 3 nitrogen and oxygen atoms in total. The van der Waals surface area contributed by atoms with Crippen LogP contribution < -0.4 is 0 Å². The average Bonchev–Trinajstić information content (AvgIpc) is 2.85. The number of hydrogen-bond acceptors (Lipinski definition) is 3. The van der Waals surface area contributed by atoms with Gasteiger partial charge in [-0.05, 0) is 30.5 Å². The van der Waals surface area contributed by atoms with E-state index < -0.39 is 17.5 Å². The normalized spacial score (nSPS) is 25.8. The summed E-state index contributed by atoms with van der Waals surface area (Å²) < 4.78 is 0. The highest BCUT2D eigenvalue weighted by Gasteiger charge is 2.52. The van der Waals surface area contributed by atoms with Crippen LogP contribution in [-0.2, 0) is 10.2 Å². The SMILES string of the molecule is O=C(O)C1(c2ccc(-c3ccccc3)s2)CC(O)C1. The smallest absolute Gasteiger partial charge is 0.315 e. The summed E-state index contributed by atoms with van der Waals surface area (Å²) in [7, 11) is 0. The quantitative estimate of drug-likeness (QED) is 0.904. The maximum absolute atomic E-state index is 11.5. The molecule has 0 bridgehead atoms. The van der Waals surface area contributed by atoms with Crippen molar-refractivity contribution in [1.82, 2.24) is 0 Å². The molecule has 0 saturated heterocycles. The van der Waals surface area contributed by atoms with E-state index in [1.165, 1.54) is 11.3 Å². The fraction of sp³-hybridized carbons (Fsp3) is 0.267. The second kappa shape index (κ2) is 4.47. The Morgan fingerprint density at radius 1 is 1.16 bits per heavy atom. The fourth-order valence-electron chi connectivity index (χ4n) is 2.58. The van der Waals surface area contributed by atoms with E-state index in [4.69, 9.17) is 0 Å². The van der Waals surface area contributed by atoms with Crippen LogP contribution in [0.4, 0.5) is 0 Å². The summed E-state index contributed by atoms with van der Waals surface area (Å²) in [5, 5.41) is 18.9. The van der Waals surface area contributed by atoms with Gasteiger partial charge in [0.15, 0.2) is 0 Å². The number of aliphatic hydroxyl groups is 1. The molecule has 1 saturated carbocycles. The lowest BCUT2D eigenvalue weighted by molar-refractivity contribution is -0.152. The summed E-state index contributed by atoms with van der Waals surface area (Å²) in [6, 6.07) is 13.8. The van der Waals surface area contributed by atoms with Gasteiger partial charge in [0.1, 0.15) is 5.41 Å². The summed E-state index contributed by atoms with van der Waals surface area (Å²) in [6.45, 7) is 0. The van der Waals surface area contributed by atoms with Crippen LogP contribution in [0.1, 0.15) is 17.7 Å². The summed E-state index contributed by atoms with van der Waals surface area (Å²) >= 11 is 1.51. The predicted octanol–water partition coefficient (Wildman–Crippen LogP) is 2.89. The first-order valence-corrected chi connectivity index (χ1v) is 7.01. The Bertz CT molecular complexity index is 597. The first-order chi connectivity index (χ1) is 9.12. The summed E-state index contributed by atoms with van der Waals surface area (Å²) in [5.41, 5.74) is 0.219. The number of aliphatic hydroxyl groups excluding tert-OH is 1. The second-order valence-corrected chi connectivity index (χ2v) is 6.06. The summed E-state index contributed by atoms with van der Waals surface area (Å²) in [4.78, 5) is 13.4. The molecule has 1 aliphatic carbocycles. The van der Waals surface area contributed by atoms with Gasteiger partial charge in [-0.1, -0.05) is 30.3 Å². The van der Waals surface area contributed by atoms with Crippen LogP contribution in [0.5, 0.6) is 0 Å². The van der Waals surface area contributed by atoms with Gasteiger partial charge < -0.3 is 10.2 Å². The Balaban J connectivity index is 1.95. The second-order valence-electron chi connectivity index (χ2n) is 4.98. The molecule has 1 aromatic carbocycles. The van der Waals surface area contributed by atoms with Gasteiger partial charge in [0.05, 0.1) is 6.10 Å². The van der Waals surface area contributed by atoms with Crippen LogP contribution in [0.2, 0.25) is 0 Å². The zero-order chi connectivity index (χ0) is 13.5. The van der Waals surface area contributed by atoms with Gasteiger partial charge in [0.25, 0.3) is 0 Å². The molecule has 1 aromatic heterocycles. The monoisotopic (exact) mass is 274 g/mol. The van der Waals surface area contributed by atoms with E-state index in [2.05, 4.69) is 0 Å². The third-order valence-corrected chi connectivity index (χ3v) is 5.05. The Labute approximate surface area is 115 Å². The van der Waals surface area contributed by atoms with Gasteiger partial charge in [0.2, 0.25) is 0 Å². The van der Waals surface area contributed by atoms with Crippen molar-refractivity contribution < 1.29 is 15.0 Å². The molecule has 0 aliphatic heterocycles. The van der Waals surface area contributed by atoms with Crippen LogP contribution >= 0.6 is 11.3 Å². The van der Waals surface area contributed by atoms with Crippen molar-refractivity contribution in [3.63, 3.8) is 0 Å². The highest BCUT2D eigenvalue weighted by Crippen LogP contribution is 2.48. The number of carboxylic acids is 1. The molecular weight excluding hydrogens is 260 g/mol. The number of thiophene rings is 1. The van der Waals surface area contributed by atoms with Crippen molar-refractivity contribution in [3.05, 3.63) is 47.3 Å². The highest BCUT2D eigenvalue weighted by molar-refractivity contribution is 7.15. The lowest BCUT2D eigenvalue weighted by Crippen LogP contribution is -2.50. The zero-order valence-corrected chi connectivity index (χ0v) is 11.1.